The number of nitrogens with zero attached hydrogens (tertiary/aromatic N) is 1. The van der Waals surface area contributed by atoms with Crippen molar-refractivity contribution in [1.29, 1.82) is 0 Å². The number of likely N-dealkylation sites (N-methyl/N-ethyl adjacent to an activating group) is 1. The molecule has 0 atom stereocenters. The van der Waals surface area contributed by atoms with Gasteiger partial charge in [0.05, 0.1) is 4.90 Å². The van der Waals surface area contributed by atoms with Crippen LogP contribution in [-0.2, 0) is 10.0 Å². The summed E-state index contributed by atoms with van der Waals surface area (Å²) in [6.07, 6.45) is 0. The molecule has 2 aromatic carbocycles. The summed E-state index contributed by atoms with van der Waals surface area (Å²) in [5.74, 6) is 0. The highest BCUT2D eigenvalue weighted by Gasteiger charge is 2.23. The van der Waals surface area contributed by atoms with E-state index in [0.717, 1.165) is 10.8 Å². The third-order valence-electron chi connectivity index (χ3n) is 3.10. The lowest BCUT2D eigenvalue weighted by molar-refractivity contribution is 0.436. The van der Waals surface area contributed by atoms with Gasteiger partial charge in [-0.05, 0) is 11.5 Å². The zero-order chi connectivity index (χ0) is 13.9. The minimum atomic E-state index is -3.49. The van der Waals surface area contributed by atoms with Gasteiger partial charge in [0.15, 0.2) is 0 Å². The topological polar surface area (TPSA) is 63.4 Å². The molecule has 2 N–H and O–H groups in total. The maximum Gasteiger partial charge on any atom is 0.243 e. The average molecular weight is 278 g/mol. The van der Waals surface area contributed by atoms with Crippen molar-refractivity contribution >= 4 is 20.8 Å². The molecule has 0 unspecified atom stereocenters. The fourth-order valence-electron chi connectivity index (χ4n) is 2.15. The van der Waals surface area contributed by atoms with Crippen LogP contribution in [0.2, 0.25) is 0 Å². The summed E-state index contributed by atoms with van der Waals surface area (Å²) in [6, 6.07) is 12.8. The average Bonchev–Trinajstić information content (AvgIpc) is 2.43. The minimum absolute atomic E-state index is 0.317. The maximum absolute atomic E-state index is 12.6. The van der Waals surface area contributed by atoms with Crippen molar-refractivity contribution in [1.82, 2.24) is 4.31 Å². The van der Waals surface area contributed by atoms with Gasteiger partial charge in [-0.25, -0.2) is 8.42 Å². The van der Waals surface area contributed by atoms with Gasteiger partial charge in [0.2, 0.25) is 10.0 Å². The molecule has 2 aromatic rings. The zero-order valence-corrected chi connectivity index (χ0v) is 11.7. The van der Waals surface area contributed by atoms with Gasteiger partial charge in [0.1, 0.15) is 0 Å². The fourth-order valence-corrected chi connectivity index (χ4v) is 3.83. The monoisotopic (exact) mass is 278 g/mol. The molecule has 0 spiro atoms. The van der Waals surface area contributed by atoms with Crippen LogP contribution >= 0.6 is 0 Å². The Bertz CT molecular complexity index is 663. The van der Waals surface area contributed by atoms with E-state index in [1.165, 1.54) is 4.31 Å². The highest BCUT2D eigenvalue weighted by Crippen LogP contribution is 2.25. The number of hydrogen-bond acceptors (Lipinski definition) is 3. The molecule has 0 saturated carbocycles. The van der Waals surface area contributed by atoms with E-state index >= 15 is 0 Å². The van der Waals surface area contributed by atoms with Crippen LogP contribution in [0, 0.1) is 0 Å². The zero-order valence-electron chi connectivity index (χ0n) is 10.9. The van der Waals surface area contributed by atoms with Crippen LogP contribution in [-0.4, -0.2) is 32.4 Å². The third kappa shape index (κ3) is 2.63. The van der Waals surface area contributed by atoms with E-state index in [1.54, 1.807) is 12.1 Å². The largest absolute Gasteiger partial charge is 0.329 e. The molecule has 19 heavy (non-hydrogen) atoms. The van der Waals surface area contributed by atoms with Crippen molar-refractivity contribution in [2.75, 3.05) is 19.6 Å². The molecule has 0 aliphatic rings. The second kappa shape index (κ2) is 5.69. The molecule has 102 valence electrons. The lowest BCUT2D eigenvalue weighted by Gasteiger charge is -2.20. The summed E-state index contributed by atoms with van der Waals surface area (Å²) >= 11 is 0. The van der Waals surface area contributed by atoms with E-state index in [2.05, 4.69) is 0 Å². The molecule has 0 aliphatic carbocycles. The summed E-state index contributed by atoms with van der Waals surface area (Å²) < 4.78 is 26.7. The van der Waals surface area contributed by atoms with Crippen LogP contribution in [0.4, 0.5) is 0 Å². The van der Waals surface area contributed by atoms with Crippen LogP contribution in [0.1, 0.15) is 6.92 Å². The number of sulfonamides is 1. The van der Waals surface area contributed by atoms with Gasteiger partial charge in [-0.15, -0.1) is 0 Å². The van der Waals surface area contributed by atoms with Gasteiger partial charge >= 0.3 is 0 Å². The Morgan fingerprint density at radius 2 is 1.79 bits per heavy atom. The Balaban J connectivity index is 2.60. The Labute approximate surface area is 113 Å². The molecule has 4 nitrogen and oxygen atoms in total. The Hall–Kier alpha value is -1.43. The summed E-state index contributed by atoms with van der Waals surface area (Å²) in [5.41, 5.74) is 5.49. The van der Waals surface area contributed by atoms with Crippen LogP contribution in [0.3, 0.4) is 0 Å². The first kappa shape index (κ1) is 14.0. The van der Waals surface area contributed by atoms with Gasteiger partial charge in [-0.2, -0.15) is 4.31 Å². The number of hydrogen-bond donors (Lipinski definition) is 1. The van der Waals surface area contributed by atoms with Gasteiger partial charge < -0.3 is 5.73 Å². The predicted molar refractivity (Wildman–Crippen MR) is 77.4 cm³/mol. The lowest BCUT2D eigenvalue weighted by atomic mass is 10.1. The van der Waals surface area contributed by atoms with E-state index in [1.807, 2.05) is 37.3 Å². The van der Waals surface area contributed by atoms with Crippen LogP contribution in [0.5, 0.6) is 0 Å². The van der Waals surface area contributed by atoms with Crippen LogP contribution in [0.15, 0.2) is 47.4 Å². The van der Waals surface area contributed by atoms with Crippen molar-refractivity contribution in [3.63, 3.8) is 0 Å². The molecular weight excluding hydrogens is 260 g/mol. The molecule has 2 rings (SSSR count). The first-order valence-corrected chi connectivity index (χ1v) is 7.73. The van der Waals surface area contributed by atoms with Crippen LogP contribution in [0.25, 0.3) is 10.8 Å². The summed E-state index contributed by atoms with van der Waals surface area (Å²) in [6.45, 7) is 2.89. The van der Waals surface area contributed by atoms with Gasteiger partial charge in [-0.3, -0.25) is 0 Å². The predicted octanol–water partition coefficient (Wildman–Crippen LogP) is 1.81. The Morgan fingerprint density at radius 3 is 2.47 bits per heavy atom. The molecular formula is C14H18N2O2S. The first-order valence-electron chi connectivity index (χ1n) is 6.29. The van der Waals surface area contributed by atoms with E-state index in [0.29, 0.717) is 24.5 Å². The van der Waals surface area contributed by atoms with Crippen molar-refractivity contribution in [3.8, 4) is 0 Å². The number of benzene rings is 2. The number of fused-ring (bicyclic) bond motifs is 1. The molecule has 0 amide bonds. The van der Waals surface area contributed by atoms with Gasteiger partial charge in [0.25, 0.3) is 0 Å². The van der Waals surface area contributed by atoms with Crippen LogP contribution < -0.4 is 5.73 Å². The van der Waals surface area contributed by atoms with Gasteiger partial charge in [0, 0.05) is 25.0 Å². The smallest absolute Gasteiger partial charge is 0.243 e. The molecule has 0 bridgehead atoms. The fraction of sp³-hybridized carbons (Fsp3) is 0.286. The van der Waals surface area contributed by atoms with Crippen molar-refractivity contribution in [3.05, 3.63) is 42.5 Å². The number of nitrogens with two attached hydrogens (primary N) is 1. The first-order chi connectivity index (χ1) is 9.11. The lowest BCUT2D eigenvalue weighted by Crippen LogP contribution is -2.35. The quantitative estimate of drug-likeness (QED) is 0.907. The maximum atomic E-state index is 12.6. The van der Waals surface area contributed by atoms with E-state index in [4.69, 9.17) is 5.73 Å². The second-order valence-corrected chi connectivity index (χ2v) is 6.17. The molecule has 0 heterocycles. The SMILES string of the molecule is CCN(CCN)S(=O)(=O)c1cccc2ccccc12. The van der Waals surface area contributed by atoms with Crippen molar-refractivity contribution in [2.45, 2.75) is 11.8 Å². The third-order valence-corrected chi connectivity index (χ3v) is 5.13. The normalized spacial score (nSPS) is 12.2. The van der Waals surface area contributed by atoms with E-state index < -0.39 is 10.0 Å². The molecule has 5 heteroatoms. The second-order valence-electron chi connectivity index (χ2n) is 4.26. The van der Waals surface area contributed by atoms with Gasteiger partial charge in [-0.1, -0.05) is 43.3 Å². The number of rotatable bonds is 5. The highest BCUT2D eigenvalue weighted by molar-refractivity contribution is 7.89. The highest BCUT2D eigenvalue weighted by atomic mass is 32.2. The molecule has 0 aromatic heterocycles. The summed E-state index contributed by atoms with van der Waals surface area (Å²) in [5, 5.41) is 1.67. The van der Waals surface area contributed by atoms with Crippen molar-refractivity contribution < 1.29 is 8.42 Å². The summed E-state index contributed by atoms with van der Waals surface area (Å²) in [7, 11) is -3.49. The van der Waals surface area contributed by atoms with E-state index in [-0.39, 0.29) is 0 Å². The van der Waals surface area contributed by atoms with E-state index in [9.17, 15) is 8.42 Å². The Kier molecular flexibility index (Phi) is 4.19. The van der Waals surface area contributed by atoms with Crippen molar-refractivity contribution in [2.24, 2.45) is 5.73 Å². The standard InChI is InChI=1S/C14H18N2O2S/c1-2-16(11-10-15)19(17,18)14-9-5-7-12-6-3-4-8-13(12)14/h3-9H,2,10-11,15H2,1H3. The molecule has 0 radical (unpaired) electrons. The molecule has 0 saturated heterocycles. The summed E-state index contributed by atoms with van der Waals surface area (Å²) in [4.78, 5) is 0.348. The molecule has 0 fully saturated rings. The molecule has 0 aliphatic heterocycles. The minimum Gasteiger partial charge on any atom is -0.329 e. The Morgan fingerprint density at radius 1 is 1.11 bits per heavy atom.